The summed E-state index contributed by atoms with van der Waals surface area (Å²) in [6.45, 7) is 3.41. The van der Waals surface area contributed by atoms with Gasteiger partial charge < -0.3 is 15.4 Å². The van der Waals surface area contributed by atoms with Gasteiger partial charge in [0.2, 0.25) is 5.91 Å². The first kappa shape index (κ1) is 20.6. The van der Waals surface area contributed by atoms with E-state index < -0.39 is 13.0 Å². The van der Waals surface area contributed by atoms with E-state index in [2.05, 4.69) is 17.6 Å². The smallest absolute Gasteiger partial charge is 0.272 e. The number of ether oxygens (including phenoxy) is 1. The summed E-state index contributed by atoms with van der Waals surface area (Å²) in [5.74, 6) is 1.01. The van der Waals surface area contributed by atoms with E-state index in [1.165, 1.54) is 0 Å². The first-order valence-electron chi connectivity index (χ1n) is 8.07. The lowest BCUT2D eigenvalue weighted by Crippen LogP contribution is -2.32. The zero-order valence-corrected chi connectivity index (χ0v) is 14.6. The highest BCUT2D eigenvalue weighted by molar-refractivity contribution is 5.92. The number of halogens is 3. The van der Waals surface area contributed by atoms with Gasteiger partial charge >= 0.3 is 0 Å². The number of benzene rings is 1. The summed E-state index contributed by atoms with van der Waals surface area (Å²) >= 11 is 0. The SMILES string of the molecule is CC(CC(=O)Nc1ccccc1OCC(F)F)C1CCNCC1.Cl. The van der Waals surface area contributed by atoms with Gasteiger partial charge in [-0.2, -0.15) is 0 Å². The molecule has 0 radical (unpaired) electrons. The van der Waals surface area contributed by atoms with Gasteiger partial charge in [-0.3, -0.25) is 4.79 Å². The number of amides is 1. The molecule has 0 aromatic heterocycles. The number of anilines is 1. The van der Waals surface area contributed by atoms with Gasteiger partial charge in [0.1, 0.15) is 12.4 Å². The highest BCUT2D eigenvalue weighted by atomic mass is 35.5. The number of rotatable bonds is 7. The third-order valence-electron chi connectivity index (χ3n) is 4.22. The van der Waals surface area contributed by atoms with E-state index in [4.69, 9.17) is 4.74 Å². The molecular formula is C17H25ClF2N2O2. The lowest BCUT2D eigenvalue weighted by atomic mass is 9.84. The van der Waals surface area contributed by atoms with Crippen LogP contribution in [0.2, 0.25) is 0 Å². The Bertz CT molecular complexity index is 511. The summed E-state index contributed by atoms with van der Waals surface area (Å²) < 4.78 is 29.6. The maximum atomic E-state index is 12.3. The molecular weight excluding hydrogens is 338 g/mol. The second kappa shape index (κ2) is 10.5. The normalized spacial score (nSPS) is 16.3. The summed E-state index contributed by atoms with van der Waals surface area (Å²) in [6.07, 6.45) is 0.0533. The van der Waals surface area contributed by atoms with E-state index in [-0.39, 0.29) is 24.1 Å². The topological polar surface area (TPSA) is 50.4 Å². The second-order valence-corrected chi connectivity index (χ2v) is 6.02. The molecule has 0 saturated carbocycles. The number of alkyl halides is 2. The average molecular weight is 363 g/mol. The first-order valence-corrected chi connectivity index (χ1v) is 8.07. The summed E-state index contributed by atoms with van der Waals surface area (Å²) in [5, 5.41) is 6.09. The van der Waals surface area contributed by atoms with E-state index in [9.17, 15) is 13.6 Å². The van der Waals surface area contributed by atoms with Crippen LogP contribution in [0.3, 0.4) is 0 Å². The zero-order valence-electron chi connectivity index (χ0n) is 13.8. The predicted octanol–water partition coefficient (Wildman–Crippen LogP) is 3.72. The Morgan fingerprint density at radius 2 is 2.00 bits per heavy atom. The van der Waals surface area contributed by atoms with Gasteiger partial charge in [-0.05, 0) is 49.9 Å². The molecule has 0 aliphatic carbocycles. The van der Waals surface area contributed by atoms with Crippen LogP contribution in [0.4, 0.5) is 14.5 Å². The molecule has 1 aliphatic rings. The van der Waals surface area contributed by atoms with Crippen molar-refractivity contribution in [3.05, 3.63) is 24.3 Å². The van der Waals surface area contributed by atoms with Crippen molar-refractivity contribution in [1.29, 1.82) is 0 Å². The van der Waals surface area contributed by atoms with Crippen LogP contribution in [-0.2, 0) is 4.79 Å². The van der Waals surface area contributed by atoms with Crippen molar-refractivity contribution in [2.45, 2.75) is 32.6 Å². The van der Waals surface area contributed by atoms with E-state index in [0.717, 1.165) is 25.9 Å². The predicted molar refractivity (Wildman–Crippen MR) is 93.2 cm³/mol. The number of hydrogen-bond acceptors (Lipinski definition) is 3. The van der Waals surface area contributed by atoms with Crippen molar-refractivity contribution in [3.8, 4) is 5.75 Å². The lowest BCUT2D eigenvalue weighted by molar-refractivity contribution is -0.117. The van der Waals surface area contributed by atoms with Crippen molar-refractivity contribution in [2.24, 2.45) is 11.8 Å². The third-order valence-corrected chi connectivity index (χ3v) is 4.22. The zero-order chi connectivity index (χ0) is 16.7. The molecule has 1 heterocycles. The quantitative estimate of drug-likeness (QED) is 0.777. The van der Waals surface area contributed by atoms with E-state index >= 15 is 0 Å². The molecule has 1 atom stereocenters. The second-order valence-electron chi connectivity index (χ2n) is 6.02. The Morgan fingerprint density at radius 3 is 2.67 bits per heavy atom. The first-order chi connectivity index (χ1) is 11.1. The number of carbonyl (C=O) groups is 1. The van der Waals surface area contributed by atoms with E-state index in [1.807, 2.05) is 0 Å². The van der Waals surface area contributed by atoms with Gasteiger partial charge in [0.25, 0.3) is 6.43 Å². The van der Waals surface area contributed by atoms with Crippen molar-refractivity contribution in [1.82, 2.24) is 5.32 Å². The number of para-hydroxylation sites is 2. The number of nitrogens with one attached hydrogen (secondary N) is 2. The van der Waals surface area contributed by atoms with Gasteiger partial charge in [-0.1, -0.05) is 19.1 Å². The number of carbonyl (C=O) groups excluding carboxylic acids is 1. The lowest BCUT2D eigenvalue weighted by Gasteiger charge is -2.28. The minimum absolute atomic E-state index is 0. The van der Waals surface area contributed by atoms with Gasteiger partial charge in [0, 0.05) is 6.42 Å². The number of hydrogen-bond donors (Lipinski definition) is 2. The summed E-state index contributed by atoms with van der Waals surface area (Å²) in [7, 11) is 0. The molecule has 7 heteroatoms. The Labute approximate surface area is 147 Å². The van der Waals surface area contributed by atoms with Crippen molar-refractivity contribution < 1.29 is 18.3 Å². The molecule has 0 spiro atoms. The molecule has 1 amide bonds. The molecule has 1 unspecified atom stereocenters. The molecule has 1 saturated heterocycles. The molecule has 1 aromatic carbocycles. The Balaban J connectivity index is 0.00000288. The Hall–Kier alpha value is -1.40. The van der Waals surface area contributed by atoms with E-state index in [1.54, 1.807) is 24.3 Å². The summed E-state index contributed by atoms with van der Waals surface area (Å²) in [5.41, 5.74) is 0.440. The highest BCUT2D eigenvalue weighted by Gasteiger charge is 2.22. The van der Waals surface area contributed by atoms with Crippen LogP contribution in [0.25, 0.3) is 0 Å². The minimum Gasteiger partial charge on any atom is -0.485 e. The van der Waals surface area contributed by atoms with Crippen molar-refractivity contribution in [3.63, 3.8) is 0 Å². The van der Waals surface area contributed by atoms with Gasteiger partial charge in [-0.25, -0.2) is 8.78 Å². The number of piperidine rings is 1. The maximum Gasteiger partial charge on any atom is 0.272 e. The van der Waals surface area contributed by atoms with Crippen LogP contribution < -0.4 is 15.4 Å². The van der Waals surface area contributed by atoms with E-state index in [0.29, 0.717) is 23.9 Å². The van der Waals surface area contributed by atoms with Crippen molar-refractivity contribution >= 4 is 24.0 Å². The van der Waals surface area contributed by atoms with Crippen LogP contribution >= 0.6 is 12.4 Å². The largest absolute Gasteiger partial charge is 0.485 e. The van der Waals surface area contributed by atoms with Crippen LogP contribution in [0, 0.1) is 11.8 Å². The van der Waals surface area contributed by atoms with Crippen LogP contribution in [0.5, 0.6) is 5.75 Å². The third kappa shape index (κ3) is 6.61. The summed E-state index contributed by atoms with van der Waals surface area (Å²) in [4.78, 5) is 12.2. The molecule has 0 bridgehead atoms. The fourth-order valence-corrected chi connectivity index (χ4v) is 2.92. The Kier molecular flexibility index (Phi) is 9.00. The van der Waals surface area contributed by atoms with Crippen molar-refractivity contribution in [2.75, 3.05) is 25.0 Å². The molecule has 4 nitrogen and oxygen atoms in total. The monoisotopic (exact) mass is 362 g/mol. The maximum absolute atomic E-state index is 12.3. The van der Waals surface area contributed by atoms with Gasteiger partial charge in [-0.15, -0.1) is 12.4 Å². The minimum atomic E-state index is -2.54. The fourth-order valence-electron chi connectivity index (χ4n) is 2.92. The Morgan fingerprint density at radius 1 is 1.33 bits per heavy atom. The standard InChI is InChI=1S/C17H24F2N2O2.ClH/c1-12(13-6-8-20-9-7-13)10-17(22)21-14-4-2-3-5-15(14)23-11-16(18)19;/h2-5,12-13,16,20H,6-11H2,1H3,(H,21,22);1H. The van der Waals surface area contributed by atoms with Gasteiger partial charge in [0.05, 0.1) is 5.69 Å². The molecule has 1 aliphatic heterocycles. The van der Waals surface area contributed by atoms with Crippen LogP contribution in [0.1, 0.15) is 26.2 Å². The molecule has 2 rings (SSSR count). The molecule has 24 heavy (non-hydrogen) atoms. The molecule has 1 fully saturated rings. The molecule has 136 valence electrons. The molecule has 2 N–H and O–H groups in total. The average Bonchev–Trinajstić information content (AvgIpc) is 2.54. The fraction of sp³-hybridized carbons (Fsp3) is 0.588. The van der Waals surface area contributed by atoms with Crippen LogP contribution in [-0.4, -0.2) is 32.0 Å². The van der Waals surface area contributed by atoms with Gasteiger partial charge in [0.15, 0.2) is 0 Å². The summed E-state index contributed by atoms with van der Waals surface area (Å²) in [6, 6.07) is 6.66. The highest BCUT2D eigenvalue weighted by Crippen LogP contribution is 2.27. The molecule has 1 aromatic rings. The van der Waals surface area contributed by atoms with Crippen LogP contribution in [0.15, 0.2) is 24.3 Å².